The Bertz CT molecular complexity index is 1150. The highest BCUT2D eigenvalue weighted by molar-refractivity contribution is 8.00. The van der Waals surface area contributed by atoms with Crippen LogP contribution in [0.4, 0.5) is 18.3 Å². The largest absolute Gasteiger partial charge is 0.416 e. The third-order valence-electron chi connectivity index (χ3n) is 4.11. The molecular formula is C18H13F3N4O2S3. The quantitative estimate of drug-likeness (QED) is 0.447. The van der Waals surface area contributed by atoms with Gasteiger partial charge in [-0.2, -0.15) is 13.2 Å². The summed E-state index contributed by atoms with van der Waals surface area (Å²) in [6.07, 6.45) is -2.39. The predicted octanol–water partition coefficient (Wildman–Crippen LogP) is 4.09. The van der Waals surface area contributed by atoms with Crippen molar-refractivity contribution < 1.29 is 18.0 Å². The molecule has 156 valence electrons. The van der Waals surface area contributed by atoms with Gasteiger partial charge in [0.25, 0.3) is 5.56 Å². The number of hydrogen-bond donors (Lipinski definition) is 1. The summed E-state index contributed by atoms with van der Waals surface area (Å²) in [5.41, 5.74) is -0.626. The first-order valence-electron chi connectivity index (χ1n) is 8.61. The standard InChI is InChI=1S/C18H13F3N4O2S3/c19-18(20,21)10-2-1-3-11(8-10)25-15(27)14-12(4-6-28-14)23-17(25)30-9-13(26)24-16-22-5-7-29-16/h1-3,5,7-8H,4,6,9H2,(H,22,24,26). The van der Waals surface area contributed by atoms with E-state index in [1.807, 2.05) is 0 Å². The Balaban J connectivity index is 1.69. The SMILES string of the molecule is O=C(CSc1nc2c(c(=O)n1-c1cccc(C(F)(F)F)c1)SCC2)Nc1nccs1. The Hall–Kier alpha value is -2.31. The molecular weight excluding hydrogens is 457 g/mol. The Kier molecular flexibility index (Phi) is 5.89. The molecule has 0 bridgehead atoms. The average Bonchev–Trinajstić information content (AvgIpc) is 3.38. The molecule has 1 aliphatic heterocycles. The van der Waals surface area contributed by atoms with Gasteiger partial charge in [-0.05, 0) is 18.2 Å². The summed E-state index contributed by atoms with van der Waals surface area (Å²) in [6, 6.07) is 4.52. The normalized spacial score (nSPS) is 13.3. The Morgan fingerprint density at radius 1 is 1.33 bits per heavy atom. The summed E-state index contributed by atoms with van der Waals surface area (Å²) < 4.78 is 40.7. The van der Waals surface area contributed by atoms with Crippen LogP contribution in [0.2, 0.25) is 0 Å². The van der Waals surface area contributed by atoms with Gasteiger partial charge in [0, 0.05) is 23.8 Å². The number of carbonyl (C=O) groups excluding carboxylic acids is 1. The number of nitrogens with zero attached hydrogens (tertiary/aromatic N) is 3. The molecule has 12 heteroatoms. The average molecular weight is 471 g/mol. The lowest BCUT2D eigenvalue weighted by Crippen LogP contribution is -2.25. The van der Waals surface area contributed by atoms with Crippen LogP contribution >= 0.6 is 34.9 Å². The fourth-order valence-corrected chi connectivity index (χ4v) is 5.21. The van der Waals surface area contributed by atoms with Gasteiger partial charge in [-0.3, -0.25) is 14.2 Å². The second kappa shape index (κ2) is 8.44. The molecule has 0 spiro atoms. The summed E-state index contributed by atoms with van der Waals surface area (Å²) in [7, 11) is 0. The van der Waals surface area contributed by atoms with E-state index in [9.17, 15) is 22.8 Å². The molecule has 0 fully saturated rings. The van der Waals surface area contributed by atoms with Crippen molar-refractivity contribution in [3.8, 4) is 5.69 Å². The zero-order valence-corrected chi connectivity index (χ0v) is 17.6. The first-order chi connectivity index (χ1) is 14.3. The van der Waals surface area contributed by atoms with Crippen LogP contribution in [-0.2, 0) is 17.4 Å². The number of anilines is 1. The van der Waals surface area contributed by atoms with E-state index in [2.05, 4.69) is 15.3 Å². The number of alkyl halides is 3. The molecule has 30 heavy (non-hydrogen) atoms. The molecule has 0 saturated carbocycles. The van der Waals surface area contributed by atoms with Crippen molar-refractivity contribution in [1.82, 2.24) is 14.5 Å². The zero-order valence-electron chi connectivity index (χ0n) is 15.1. The van der Waals surface area contributed by atoms with Crippen LogP contribution in [0.25, 0.3) is 5.69 Å². The minimum absolute atomic E-state index is 0.0560. The fraction of sp³-hybridized carbons (Fsp3) is 0.222. The van der Waals surface area contributed by atoms with E-state index >= 15 is 0 Å². The smallest absolute Gasteiger partial charge is 0.301 e. The highest BCUT2D eigenvalue weighted by atomic mass is 32.2. The van der Waals surface area contributed by atoms with E-state index in [1.54, 1.807) is 11.6 Å². The van der Waals surface area contributed by atoms with Gasteiger partial charge in [0.05, 0.1) is 27.6 Å². The molecule has 0 atom stereocenters. The maximum Gasteiger partial charge on any atom is 0.416 e. The number of rotatable bonds is 5. The van der Waals surface area contributed by atoms with Gasteiger partial charge < -0.3 is 5.32 Å². The number of halogens is 3. The van der Waals surface area contributed by atoms with Crippen molar-refractivity contribution in [3.05, 3.63) is 57.5 Å². The molecule has 6 nitrogen and oxygen atoms in total. The lowest BCUT2D eigenvalue weighted by Gasteiger charge is -2.15. The maximum absolute atomic E-state index is 13.2. The Morgan fingerprint density at radius 3 is 2.90 bits per heavy atom. The number of fused-ring (bicyclic) bond motifs is 1. The number of thioether (sulfide) groups is 2. The van der Waals surface area contributed by atoms with Gasteiger partial charge in [0.15, 0.2) is 10.3 Å². The summed E-state index contributed by atoms with van der Waals surface area (Å²) >= 11 is 3.59. The van der Waals surface area contributed by atoms with Crippen LogP contribution in [0.1, 0.15) is 11.3 Å². The molecule has 4 rings (SSSR count). The lowest BCUT2D eigenvalue weighted by atomic mass is 10.2. The van der Waals surface area contributed by atoms with Gasteiger partial charge in [-0.25, -0.2) is 9.97 Å². The van der Waals surface area contributed by atoms with Crippen molar-refractivity contribution in [2.75, 3.05) is 16.8 Å². The van der Waals surface area contributed by atoms with Gasteiger partial charge in [-0.15, -0.1) is 23.1 Å². The van der Waals surface area contributed by atoms with E-state index in [0.29, 0.717) is 27.9 Å². The molecule has 1 N–H and O–H groups in total. The Labute approximate surface area is 180 Å². The van der Waals surface area contributed by atoms with Gasteiger partial charge in [0.1, 0.15) is 0 Å². The van der Waals surface area contributed by atoms with E-state index < -0.39 is 17.3 Å². The number of amides is 1. The molecule has 0 unspecified atom stereocenters. The molecule has 1 amide bonds. The summed E-state index contributed by atoms with van der Waals surface area (Å²) in [4.78, 5) is 34.1. The van der Waals surface area contributed by atoms with Crippen LogP contribution < -0.4 is 10.9 Å². The Morgan fingerprint density at radius 2 is 2.17 bits per heavy atom. The molecule has 1 aliphatic rings. The van der Waals surface area contributed by atoms with Gasteiger partial charge in [0.2, 0.25) is 5.91 Å². The predicted molar refractivity (Wildman–Crippen MR) is 111 cm³/mol. The highest BCUT2D eigenvalue weighted by Gasteiger charge is 2.31. The summed E-state index contributed by atoms with van der Waals surface area (Å²) in [6.45, 7) is 0. The van der Waals surface area contributed by atoms with Gasteiger partial charge in [-0.1, -0.05) is 17.8 Å². The topological polar surface area (TPSA) is 76.9 Å². The second-order valence-corrected chi connectivity index (χ2v) is 9.07. The first kappa shape index (κ1) is 20.9. The van der Waals surface area contributed by atoms with E-state index in [0.717, 1.165) is 28.5 Å². The molecule has 0 aliphatic carbocycles. The van der Waals surface area contributed by atoms with Crippen molar-refractivity contribution in [2.24, 2.45) is 0 Å². The van der Waals surface area contributed by atoms with E-state index in [-0.39, 0.29) is 22.5 Å². The highest BCUT2D eigenvalue weighted by Crippen LogP contribution is 2.33. The summed E-state index contributed by atoms with van der Waals surface area (Å²) in [5, 5.41) is 4.96. The zero-order chi connectivity index (χ0) is 21.3. The fourth-order valence-electron chi connectivity index (χ4n) is 2.81. The van der Waals surface area contributed by atoms with Crippen molar-refractivity contribution >= 4 is 45.9 Å². The lowest BCUT2D eigenvalue weighted by molar-refractivity contribution is -0.137. The second-order valence-electron chi connectivity index (χ2n) is 6.13. The van der Waals surface area contributed by atoms with Crippen molar-refractivity contribution in [2.45, 2.75) is 22.6 Å². The maximum atomic E-state index is 13.2. The first-order valence-corrected chi connectivity index (χ1v) is 11.5. The molecule has 3 aromatic rings. The van der Waals surface area contributed by atoms with E-state index in [1.165, 1.54) is 35.2 Å². The van der Waals surface area contributed by atoms with Crippen molar-refractivity contribution in [3.63, 3.8) is 0 Å². The molecule has 0 saturated heterocycles. The van der Waals surface area contributed by atoms with Crippen LogP contribution in [-0.4, -0.2) is 31.9 Å². The monoisotopic (exact) mass is 470 g/mol. The van der Waals surface area contributed by atoms with Crippen LogP contribution in [0.5, 0.6) is 0 Å². The minimum Gasteiger partial charge on any atom is -0.301 e. The third kappa shape index (κ3) is 4.40. The molecule has 2 aromatic heterocycles. The number of carbonyl (C=O) groups is 1. The number of hydrogen-bond acceptors (Lipinski definition) is 7. The minimum atomic E-state index is -4.54. The molecule has 1 aromatic carbocycles. The number of aryl methyl sites for hydroxylation is 1. The van der Waals surface area contributed by atoms with Crippen LogP contribution in [0.3, 0.4) is 0 Å². The van der Waals surface area contributed by atoms with Gasteiger partial charge >= 0.3 is 6.18 Å². The summed E-state index contributed by atoms with van der Waals surface area (Å²) in [5.74, 6) is 0.255. The molecule has 3 heterocycles. The molecule has 0 radical (unpaired) electrons. The number of nitrogens with one attached hydrogen (secondary N) is 1. The van der Waals surface area contributed by atoms with E-state index in [4.69, 9.17) is 0 Å². The van der Waals surface area contributed by atoms with Crippen LogP contribution in [0.15, 0.2) is 50.7 Å². The van der Waals surface area contributed by atoms with Crippen molar-refractivity contribution in [1.29, 1.82) is 0 Å². The third-order valence-corrected chi connectivity index (χ3v) is 6.84. The number of thiazole rings is 1. The number of benzene rings is 1. The van der Waals surface area contributed by atoms with Crippen LogP contribution in [0, 0.1) is 0 Å². The number of aromatic nitrogens is 3.